The van der Waals surface area contributed by atoms with Crippen molar-refractivity contribution < 1.29 is 27.0 Å². The fourth-order valence-corrected chi connectivity index (χ4v) is 3.65. The number of benzene rings is 2. The molecule has 1 saturated carbocycles. The maximum Gasteiger partial charge on any atom is 0.416 e. The Bertz CT molecular complexity index is 859. The van der Waals surface area contributed by atoms with Gasteiger partial charge in [0.1, 0.15) is 5.82 Å². The quantitative estimate of drug-likeness (QED) is 0.622. The molecule has 1 fully saturated rings. The average Bonchev–Trinajstić information content (AvgIpc) is 3.17. The molecule has 0 unspecified atom stereocenters. The molecule has 1 aliphatic heterocycles. The third-order valence-electron chi connectivity index (χ3n) is 5.09. The van der Waals surface area contributed by atoms with Gasteiger partial charge >= 0.3 is 6.18 Å². The van der Waals surface area contributed by atoms with Gasteiger partial charge in [-0.05, 0) is 60.7 Å². The van der Waals surface area contributed by atoms with Crippen molar-refractivity contribution in [2.24, 2.45) is 5.92 Å². The molecule has 3 nitrogen and oxygen atoms in total. The number of hydrogen-bond acceptors (Lipinski definition) is 3. The van der Waals surface area contributed by atoms with Crippen molar-refractivity contribution in [3.05, 3.63) is 58.9 Å². The number of fused-ring (bicyclic) bond motifs is 1. The van der Waals surface area contributed by atoms with Crippen molar-refractivity contribution in [3.63, 3.8) is 0 Å². The first-order valence-electron chi connectivity index (χ1n) is 8.75. The number of alkyl halides is 3. The van der Waals surface area contributed by atoms with Crippen LogP contribution in [0.1, 0.15) is 29.0 Å². The van der Waals surface area contributed by atoms with Crippen LogP contribution in [0.3, 0.4) is 0 Å². The van der Waals surface area contributed by atoms with E-state index in [0.717, 1.165) is 36.1 Å². The van der Waals surface area contributed by atoms with Crippen molar-refractivity contribution in [1.82, 2.24) is 4.90 Å². The van der Waals surface area contributed by atoms with Crippen molar-refractivity contribution in [3.8, 4) is 11.5 Å². The van der Waals surface area contributed by atoms with Crippen LogP contribution in [0.4, 0.5) is 17.6 Å². The van der Waals surface area contributed by atoms with Gasteiger partial charge in [0.2, 0.25) is 6.79 Å². The molecule has 2 aromatic rings. The lowest BCUT2D eigenvalue weighted by atomic mass is 10.1. The second kappa shape index (κ2) is 7.79. The van der Waals surface area contributed by atoms with Crippen LogP contribution in [-0.4, -0.2) is 25.3 Å². The molecule has 0 radical (unpaired) electrons. The van der Waals surface area contributed by atoms with E-state index in [1.54, 1.807) is 0 Å². The molecule has 0 saturated heterocycles. The minimum atomic E-state index is -4.52. The molecule has 1 heterocycles. The Morgan fingerprint density at radius 2 is 1.82 bits per heavy atom. The number of halogens is 5. The number of hydrogen-bond donors (Lipinski definition) is 0. The Kier molecular flexibility index (Phi) is 5.77. The molecule has 0 spiro atoms. The van der Waals surface area contributed by atoms with Crippen molar-refractivity contribution in [1.29, 1.82) is 0 Å². The highest BCUT2D eigenvalue weighted by molar-refractivity contribution is 5.85. The smallest absolute Gasteiger partial charge is 0.416 e. The summed E-state index contributed by atoms with van der Waals surface area (Å²) in [6.07, 6.45) is -3.74. The van der Waals surface area contributed by atoms with Crippen LogP contribution in [0.25, 0.3) is 0 Å². The van der Waals surface area contributed by atoms with E-state index in [0.29, 0.717) is 18.2 Å². The van der Waals surface area contributed by atoms with Gasteiger partial charge in [0, 0.05) is 13.1 Å². The molecular formula is C20H20ClF4NO2. The SMILES string of the molecule is CN(Cc1ccc2c(c1)OCO2)C[C@@H]1C[C@H]1c1ccc(C(F)(F)F)cc1F.Cl. The standard InChI is InChI=1S/C20H19F4NO2.ClH/c1-25(9-12-2-5-18-19(6-12)27-11-26-18)10-13-7-16(13)15-4-3-14(8-17(15)21)20(22,23)24;/h2-6,8,13,16H,7,9-11H2,1H3;1H/t13-,16+;/m0./s1. The second-order valence-corrected chi connectivity index (χ2v) is 7.22. The molecule has 2 aromatic carbocycles. The zero-order valence-corrected chi connectivity index (χ0v) is 15.9. The third-order valence-corrected chi connectivity index (χ3v) is 5.09. The Labute approximate surface area is 166 Å². The fraction of sp³-hybridized carbons (Fsp3) is 0.400. The molecule has 1 aliphatic carbocycles. The van der Waals surface area contributed by atoms with Crippen molar-refractivity contribution >= 4 is 12.4 Å². The summed E-state index contributed by atoms with van der Waals surface area (Å²) in [7, 11) is 1.98. The van der Waals surface area contributed by atoms with E-state index in [-0.39, 0.29) is 31.0 Å². The van der Waals surface area contributed by atoms with Crippen molar-refractivity contribution in [2.45, 2.75) is 25.1 Å². The average molecular weight is 418 g/mol. The van der Waals surface area contributed by atoms with Gasteiger partial charge in [0.15, 0.2) is 11.5 Å². The molecule has 4 rings (SSSR count). The lowest BCUT2D eigenvalue weighted by Gasteiger charge is -2.17. The largest absolute Gasteiger partial charge is 0.454 e. The van der Waals surface area contributed by atoms with Crippen LogP contribution in [-0.2, 0) is 12.7 Å². The van der Waals surface area contributed by atoms with Crippen LogP contribution in [0.15, 0.2) is 36.4 Å². The summed E-state index contributed by atoms with van der Waals surface area (Å²) in [6.45, 7) is 1.69. The Morgan fingerprint density at radius 1 is 1.07 bits per heavy atom. The predicted molar refractivity (Wildman–Crippen MR) is 98.4 cm³/mol. The van der Waals surface area contributed by atoms with Crippen LogP contribution in [0, 0.1) is 11.7 Å². The van der Waals surface area contributed by atoms with E-state index in [9.17, 15) is 17.6 Å². The lowest BCUT2D eigenvalue weighted by molar-refractivity contribution is -0.137. The second-order valence-electron chi connectivity index (χ2n) is 7.22. The lowest BCUT2D eigenvalue weighted by Crippen LogP contribution is -2.21. The molecule has 2 aliphatic rings. The summed E-state index contributed by atoms with van der Waals surface area (Å²) in [6, 6.07) is 8.64. The molecule has 2 atom stereocenters. The van der Waals surface area contributed by atoms with E-state index in [2.05, 4.69) is 4.90 Å². The van der Waals surface area contributed by atoms with E-state index in [1.807, 2.05) is 25.2 Å². The van der Waals surface area contributed by atoms with Crippen molar-refractivity contribution in [2.75, 3.05) is 20.4 Å². The van der Waals surface area contributed by atoms with Gasteiger partial charge in [-0.15, -0.1) is 12.4 Å². The van der Waals surface area contributed by atoms with Crippen LogP contribution >= 0.6 is 12.4 Å². The monoisotopic (exact) mass is 417 g/mol. The van der Waals surface area contributed by atoms with E-state index in [1.165, 1.54) is 6.07 Å². The normalized spacial score (nSPS) is 20.2. The highest BCUT2D eigenvalue weighted by atomic mass is 35.5. The zero-order chi connectivity index (χ0) is 19.2. The molecule has 0 amide bonds. The highest BCUT2D eigenvalue weighted by Gasteiger charge is 2.41. The van der Waals surface area contributed by atoms with Gasteiger partial charge < -0.3 is 14.4 Å². The molecule has 0 bridgehead atoms. The Morgan fingerprint density at radius 3 is 2.54 bits per heavy atom. The summed E-state index contributed by atoms with van der Waals surface area (Å²) in [4.78, 5) is 2.13. The summed E-state index contributed by atoms with van der Waals surface area (Å²) in [5.74, 6) is 0.927. The highest BCUT2D eigenvalue weighted by Crippen LogP contribution is 2.49. The van der Waals surface area contributed by atoms with E-state index < -0.39 is 17.6 Å². The molecular weight excluding hydrogens is 398 g/mol. The van der Waals surface area contributed by atoms with Gasteiger partial charge in [0.05, 0.1) is 5.56 Å². The Hall–Kier alpha value is -1.99. The molecule has 0 N–H and O–H groups in total. The maximum atomic E-state index is 14.1. The summed E-state index contributed by atoms with van der Waals surface area (Å²) in [5.41, 5.74) is 0.519. The molecule has 152 valence electrons. The van der Waals surface area contributed by atoms with Gasteiger partial charge in [-0.25, -0.2) is 4.39 Å². The summed E-state index contributed by atoms with van der Waals surface area (Å²) >= 11 is 0. The first kappa shape index (κ1) is 20.7. The maximum absolute atomic E-state index is 14.1. The molecule has 28 heavy (non-hydrogen) atoms. The first-order chi connectivity index (χ1) is 12.8. The van der Waals surface area contributed by atoms with Gasteiger partial charge in [0.25, 0.3) is 0 Å². The first-order valence-corrected chi connectivity index (χ1v) is 8.75. The van der Waals surface area contributed by atoms with E-state index >= 15 is 0 Å². The van der Waals surface area contributed by atoms with Crippen LogP contribution in [0.5, 0.6) is 11.5 Å². The number of rotatable bonds is 5. The van der Waals surface area contributed by atoms with Gasteiger partial charge in [-0.1, -0.05) is 12.1 Å². The summed E-state index contributed by atoms with van der Waals surface area (Å²) in [5, 5.41) is 0. The number of ether oxygens (including phenoxy) is 2. The Balaban J connectivity index is 0.00000225. The van der Waals surface area contributed by atoms with Crippen LogP contribution in [0.2, 0.25) is 0 Å². The van der Waals surface area contributed by atoms with Gasteiger partial charge in [-0.3, -0.25) is 0 Å². The van der Waals surface area contributed by atoms with Crippen LogP contribution < -0.4 is 9.47 Å². The number of nitrogens with zero attached hydrogens (tertiary/aromatic N) is 1. The molecule has 8 heteroatoms. The van der Waals surface area contributed by atoms with Gasteiger partial charge in [-0.2, -0.15) is 13.2 Å². The van der Waals surface area contributed by atoms with E-state index in [4.69, 9.17) is 9.47 Å². The minimum absolute atomic E-state index is 0. The topological polar surface area (TPSA) is 21.7 Å². The molecule has 0 aromatic heterocycles. The predicted octanol–water partition coefficient (Wildman–Crippen LogP) is 5.23. The minimum Gasteiger partial charge on any atom is -0.454 e. The zero-order valence-electron chi connectivity index (χ0n) is 15.1. The fourth-order valence-electron chi connectivity index (χ4n) is 3.65. The third kappa shape index (κ3) is 4.36. The summed E-state index contributed by atoms with van der Waals surface area (Å²) < 4.78 is 62.8.